The van der Waals surface area contributed by atoms with Crippen LogP contribution in [0.4, 0.5) is 0 Å². The van der Waals surface area contributed by atoms with Crippen LogP contribution >= 0.6 is 7.82 Å². The standard InChI is InChI=1S/C13H17O10P/c1-7-20-13(16)10(4)23-24(17,21-8(2)11(14)18-5)22-9(3)12(15)19-6/h2-4,7H2,1,5-6H3. The molecule has 0 spiro atoms. The molecule has 0 radical (unpaired) electrons. The lowest BCUT2D eigenvalue weighted by Gasteiger charge is -2.19. The van der Waals surface area contributed by atoms with Gasteiger partial charge in [-0.2, -0.15) is 4.57 Å². The Hall–Kier alpha value is -2.74. The van der Waals surface area contributed by atoms with E-state index in [0.717, 1.165) is 14.2 Å². The molecule has 0 unspecified atom stereocenters. The second kappa shape index (κ2) is 9.41. The molecule has 0 rings (SSSR count). The van der Waals surface area contributed by atoms with Crippen molar-refractivity contribution in [2.45, 2.75) is 6.92 Å². The van der Waals surface area contributed by atoms with E-state index in [0.29, 0.717) is 0 Å². The lowest BCUT2D eigenvalue weighted by atomic mass is 10.6. The fourth-order valence-electron chi connectivity index (χ4n) is 1.01. The number of ether oxygens (including phenoxy) is 3. The summed E-state index contributed by atoms with van der Waals surface area (Å²) in [5, 5.41) is 0. The Labute approximate surface area is 138 Å². The summed E-state index contributed by atoms with van der Waals surface area (Å²) in [4.78, 5) is 34.0. The maximum Gasteiger partial charge on any atom is 0.647 e. The van der Waals surface area contributed by atoms with Crippen molar-refractivity contribution in [2.24, 2.45) is 0 Å². The molecule has 0 fully saturated rings. The largest absolute Gasteiger partial charge is 0.647 e. The third kappa shape index (κ3) is 6.57. The van der Waals surface area contributed by atoms with E-state index in [1.807, 2.05) is 0 Å². The number of esters is 3. The number of hydrogen-bond acceptors (Lipinski definition) is 10. The first-order chi connectivity index (χ1) is 11.1. The van der Waals surface area contributed by atoms with Gasteiger partial charge in [0.1, 0.15) is 0 Å². The summed E-state index contributed by atoms with van der Waals surface area (Å²) in [6, 6.07) is 0. The predicted molar refractivity (Wildman–Crippen MR) is 78.9 cm³/mol. The van der Waals surface area contributed by atoms with Gasteiger partial charge in [-0.05, 0) is 26.7 Å². The molecule has 0 N–H and O–H groups in total. The van der Waals surface area contributed by atoms with Crippen molar-refractivity contribution in [1.29, 1.82) is 0 Å². The first-order valence-electron chi connectivity index (χ1n) is 6.19. The summed E-state index contributed by atoms with van der Waals surface area (Å²) in [5.74, 6) is -5.61. The van der Waals surface area contributed by atoms with Gasteiger partial charge in [0.2, 0.25) is 17.3 Å². The van der Waals surface area contributed by atoms with Crippen LogP contribution in [0.1, 0.15) is 6.92 Å². The average molecular weight is 364 g/mol. The molecule has 24 heavy (non-hydrogen) atoms. The van der Waals surface area contributed by atoms with Gasteiger partial charge in [-0.15, -0.1) is 0 Å². The number of carbonyl (C=O) groups is 3. The highest BCUT2D eigenvalue weighted by atomic mass is 31.2. The smallest absolute Gasteiger partial charge is 0.463 e. The van der Waals surface area contributed by atoms with Gasteiger partial charge >= 0.3 is 25.7 Å². The molecule has 0 atom stereocenters. The lowest BCUT2D eigenvalue weighted by molar-refractivity contribution is -0.141. The SMILES string of the molecule is C=C(OP(=O)(OC(=C)C(=O)OC)OC(=C)C(=O)OCC)C(=O)OC. The van der Waals surface area contributed by atoms with E-state index in [1.54, 1.807) is 0 Å². The summed E-state index contributed by atoms with van der Waals surface area (Å²) in [7, 11) is -2.78. The van der Waals surface area contributed by atoms with Crippen molar-refractivity contribution in [3.8, 4) is 0 Å². The molecule has 0 aromatic carbocycles. The number of hydrogen-bond donors (Lipinski definition) is 0. The second-order valence-corrected chi connectivity index (χ2v) is 5.14. The molecular weight excluding hydrogens is 347 g/mol. The summed E-state index contributed by atoms with van der Waals surface area (Å²) in [5.41, 5.74) is 0. The Morgan fingerprint density at radius 2 is 1.12 bits per heavy atom. The quantitative estimate of drug-likeness (QED) is 0.185. The van der Waals surface area contributed by atoms with Crippen LogP contribution in [0.15, 0.2) is 37.0 Å². The van der Waals surface area contributed by atoms with Crippen LogP contribution in [-0.2, 0) is 46.7 Å². The third-order valence-corrected chi connectivity index (χ3v) is 3.33. The second-order valence-electron chi connectivity index (χ2n) is 3.69. The van der Waals surface area contributed by atoms with Crippen molar-refractivity contribution < 1.29 is 46.7 Å². The van der Waals surface area contributed by atoms with Gasteiger partial charge in [0.05, 0.1) is 20.8 Å². The Morgan fingerprint density at radius 1 is 0.792 bits per heavy atom. The first-order valence-corrected chi connectivity index (χ1v) is 7.65. The molecule has 0 aliphatic heterocycles. The number of phosphoric acid groups is 1. The molecule has 0 aromatic heterocycles. The number of carbonyl (C=O) groups excluding carboxylic acids is 3. The summed E-state index contributed by atoms with van der Waals surface area (Å²) >= 11 is 0. The molecule has 10 nitrogen and oxygen atoms in total. The minimum atomic E-state index is -4.80. The van der Waals surface area contributed by atoms with Crippen molar-refractivity contribution in [3.63, 3.8) is 0 Å². The maximum atomic E-state index is 12.5. The van der Waals surface area contributed by atoms with E-state index < -0.39 is 43.0 Å². The zero-order chi connectivity index (χ0) is 18.9. The fourth-order valence-corrected chi connectivity index (χ4v) is 2.16. The minimum absolute atomic E-state index is 0.0169. The minimum Gasteiger partial charge on any atom is -0.463 e. The van der Waals surface area contributed by atoms with Crippen molar-refractivity contribution in [2.75, 3.05) is 20.8 Å². The Kier molecular flexibility index (Phi) is 8.34. The van der Waals surface area contributed by atoms with Gasteiger partial charge in [-0.3, -0.25) is 0 Å². The molecule has 0 amide bonds. The monoisotopic (exact) mass is 364 g/mol. The van der Waals surface area contributed by atoms with Gasteiger partial charge in [0, 0.05) is 0 Å². The number of rotatable bonds is 10. The average Bonchev–Trinajstić information content (AvgIpc) is 2.52. The predicted octanol–water partition coefficient (Wildman–Crippen LogP) is 1.59. The van der Waals surface area contributed by atoms with Crippen LogP contribution in [0.5, 0.6) is 0 Å². The molecule has 0 saturated heterocycles. The summed E-state index contributed by atoms with van der Waals surface area (Å²) in [6.07, 6.45) is 0. The fraction of sp³-hybridized carbons (Fsp3) is 0.308. The molecule has 0 bridgehead atoms. The molecular formula is C13H17O10P. The Balaban J connectivity index is 5.38. The van der Waals surface area contributed by atoms with Crippen LogP contribution in [-0.4, -0.2) is 38.7 Å². The van der Waals surface area contributed by atoms with Gasteiger partial charge in [0.15, 0.2) is 0 Å². The van der Waals surface area contributed by atoms with Crippen LogP contribution in [0.25, 0.3) is 0 Å². The third-order valence-electron chi connectivity index (χ3n) is 2.00. The zero-order valence-corrected chi connectivity index (χ0v) is 14.3. The van der Waals surface area contributed by atoms with E-state index in [9.17, 15) is 18.9 Å². The molecule has 134 valence electrons. The van der Waals surface area contributed by atoms with E-state index in [-0.39, 0.29) is 6.61 Å². The highest BCUT2D eigenvalue weighted by molar-refractivity contribution is 7.49. The molecule has 0 saturated carbocycles. The summed E-state index contributed by atoms with van der Waals surface area (Å²) < 4.78 is 39.7. The van der Waals surface area contributed by atoms with Gasteiger partial charge in [0.25, 0.3) is 0 Å². The van der Waals surface area contributed by atoms with E-state index >= 15 is 0 Å². The van der Waals surface area contributed by atoms with Crippen LogP contribution in [0, 0.1) is 0 Å². The van der Waals surface area contributed by atoms with E-state index in [2.05, 4.69) is 47.5 Å². The summed E-state index contributed by atoms with van der Waals surface area (Å²) in [6.45, 7) is 11.0. The highest BCUT2D eigenvalue weighted by Crippen LogP contribution is 2.54. The van der Waals surface area contributed by atoms with Gasteiger partial charge in [-0.1, -0.05) is 0 Å². The van der Waals surface area contributed by atoms with Crippen molar-refractivity contribution in [3.05, 3.63) is 37.0 Å². The zero-order valence-electron chi connectivity index (χ0n) is 13.4. The number of phosphoric ester groups is 1. The maximum absolute atomic E-state index is 12.5. The van der Waals surface area contributed by atoms with Crippen molar-refractivity contribution >= 4 is 25.7 Å². The number of methoxy groups -OCH3 is 2. The van der Waals surface area contributed by atoms with Gasteiger partial charge < -0.3 is 27.8 Å². The molecule has 0 heterocycles. The highest BCUT2D eigenvalue weighted by Gasteiger charge is 2.39. The van der Waals surface area contributed by atoms with Crippen molar-refractivity contribution in [1.82, 2.24) is 0 Å². The van der Waals surface area contributed by atoms with Gasteiger partial charge in [-0.25, -0.2) is 14.4 Å². The van der Waals surface area contributed by atoms with Crippen LogP contribution in [0.2, 0.25) is 0 Å². The normalized spacial score (nSPS) is 9.96. The molecule has 11 heteroatoms. The lowest BCUT2D eigenvalue weighted by Crippen LogP contribution is -2.14. The molecule has 0 aliphatic carbocycles. The topological polar surface area (TPSA) is 124 Å². The van der Waals surface area contributed by atoms with Crippen LogP contribution < -0.4 is 0 Å². The molecule has 0 aromatic rings. The van der Waals surface area contributed by atoms with E-state index in [4.69, 9.17) is 0 Å². The van der Waals surface area contributed by atoms with Crippen LogP contribution in [0.3, 0.4) is 0 Å². The first kappa shape index (κ1) is 21.3. The Morgan fingerprint density at radius 3 is 1.42 bits per heavy atom. The van der Waals surface area contributed by atoms with E-state index in [1.165, 1.54) is 6.92 Å². The molecule has 0 aliphatic rings. The Bertz CT molecular complexity index is 572.